The molecule has 0 aromatic heterocycles. The average molecular weight is 367 g/mol. The van der Waals surface area contributed by atoms with Gasteiger partial charge in [0.1, 0.15) is 0 Å². The normalized spacial score (nSPS) is 12.2. The first-order valence-corrected chi connectivity index (χ1v) is 11.5. The molecule has 0 aromatic rings. The van der Waals surface area contributed by atoms with Crippen molar-refractivity contribution in [1.82, 2.24) is 0 Å². The van der Waals surface area contributed by atoms with Crippen LogP contribution < -0.4 is 0 Å². The maximum absolute atomic E-state index is 10.8. The maximum atomic E-state index is 10.8. The maximum Gasteiger partial charge on any atom is 0.330 e. The van der Waals surface area contributed by atoms with Gasteiger partial charge < -0.3 is 5.11 Å². The first-order chi connectivity index (χ1) is 12.6. The van der Waals surface area contributed by atoms with Gasteiger partial charge in [-0.1, -0.05) is 130 Å². The number of hydrogen-bond acceptors (Lipinski definition) is 1. The van der Waals surface area contributed by atoms with Gasteiger partial charge in [-0.15, -0.1) is 0 Å². The molecule has 1 N–H and O–H groups in total. The van der Waals surface area contributed by atoms with Crippen molar-refractivity contribution in [3.05, 3.63) is 12.2 Å². The van der Waals surface area contributed by atoms with Crippen LogP contribution in [0.15, 0.2) is 12.2 Å². The largest absolute Gasteiger partial charge is 0.478 e. The van der Waals surface area contributed by atoms with Crippen molar-refractivity contribution in [2.75, 3.05) is 0 Å². The van der Waals surface area contributed by atoms with E-state index in [0.717, 1.165) is 6.42 Å². The van der Waals surface area contributed by atoms with Crippen LogP contribution in [-0.2, 0) is 4.79 Å². The number of unbranched alkanes of at least 4 members (excludes halogenated alkanes) is 15. The summed E-state index contributed by atoms with van der Waals surface area (Å²) < 4.78 is 0. The highest BCUT2D eigenvalue weighted by molar-refractivity contribution is 5.85. The second-order valence-corrected chi connectivity index (χ2v) is 8.31. The molecule has 0 aliphatic heterocycles. The lowest BCUT2D eigenvalue weighted by atomic mass is 9.95. The van der Waals surface area contributed by atoms with Gasteiger partial charge in [0.25, 0.3) is 0 Å². The molecular weight excluding hydrogens is 320 g/mol. The van der Waals surface area contributed by atoms with E-state index in [1.165, 1.54) is 103 Å². The van der Waals surface area contributed by atoms with E-state index in [9.17, 15) is 4.79 Å². The lowest BCUT2D eigenvalue weighted by molar-refractivity contribution is -0.132. The van der Waals surface area contributed by atoms with Gasteiger partial charge in [-0.25, -0.2) is 4.79 Å². The number of carboxylic acid groups (broad SMARTS) is 1. The van der Waals surface area contributed by atoms with Crippen molar-refractivity contribution >= 4 is 5.97 Å². The molecular formula is C24H46O2. The van der Waals surface area contributed by atoms with Gasteiger partial charge >= 0.3 is 5.97 Å². The third kappa shape index (κ3) is 18.0. The third-order valence-electron chi connectivity index (χ3n) is 5.45. The number of carboxylic acids is 1. The van der Waals surface area contributed by atoms with Crippen LogP contribution >= 0.6 is 0 Å². The molecule has 0 aromatic carbocycles. The van der Waals surface area contributed by atoms with Crippen molar-refractivity contribution in [3.8, 4) is 0 Å². The molecule has 0 aliphatic rings. The Morgan fingerprint density at radius 3 is 1.42 bits per heavy atom. The van der Waals surface area contributed by atoms with E-state index in [1.807, 2.05) is 0 Å². The van der Waals surface area contributed by atoms with Crippen LogP contribution in [-0.4, -0.2) is 11.1 Å². The Kier molecular flexibility index (Phi) is 18.4. The molecule has 2 heteroatoms. The van der Waals surface area contributed by atoms with E-state index in [0.29, 0.717) is 17.9 Å². The minimum Gasteiger partial charge on any atom is -0.478 e. The summed E-state index contributed by atoms with van der Waals surface area (Å²) in [6, 6.07) is 0. The van der Waals surface area contributed by atoms with Crippen LogP contribution in [0.2, 0.25) is 0 Å². The average Bonchev–Trinajstić information content (AvgIpc) is 2.61. The van der Waals surface area contributed by atoms with Gasteiger partial charge in [-0.05, 0) is 12.3 Å². The second kappa shape index (κ2) is 19.0. The predicted octanol–water partition coefficient (Wildman–Crippen LogP) is 8.31. The van der Waals surface area contributed by atoms with Crippen LogP contribution in [0.25, 0.3) is 0 Å². The standard InChI is InChI=1S/C24H46O2/c1-4-5-6-7-8-9-10-11-12-13-14-15-16-17-18-19-20-22(2)21-23(3)24(25)26/h22H,3-21H2,1-2H3,(H,25,26). The molecule has 0 saturated carbocycles. The van der Waals surface area contributed by atoms with Crippen molar-refractivity contribution in [2.24, 2.45) is 5.92 Å². The Morgan fingerprint density at radius 2 is 1.08 bits per heavy atom. The fourth-order valence-electron chi connectivity index (χ4n) is 3.65. The number of hydrogen-bond donors (Lipinski definition) is 1. The summed E-state index contributed by atoms with van der Waals surface area (Å²) in [4.78, 5) is 10.8. The molecule has 2 nitrogen and oxygen atoms in total. The fraction of sp³-hybridized carbons (Fsp3) is 0.875. The van der Waals surface area contributed by atoms with Crippen LogP contribution in [0.1, 0.15) is 129 Å². The van der Waals surface area contributed by atoms with Crippen molar-refractivity contribution in [2.45, 2.75) is 129 Å². The molecule has 1 atom stereocenters. The molecule has 0 saturated heterocycles. The molecule has 0 amide bonds. The smallest absolute Gasteiger partial charge is 0.330 e. The van der Waals surface area contributed by atoms with E-state index >= 15 is 0 Å². The zero-order chi connectivity index (χ0) is 19.5. The highest BCUT2D eigenvalue weighted by Gasteiger charge is 2.09. The van der Waals surface area contributed by atoms with E-state index in [1.54, 1.807) is 0 Å². The number of carbonyl (C=O) groups is 1. The lowest BCUT2D eigenvalue weighted by Gasteiger charge is -2.10. The number of aliphatic carboxylic acids is 1. The van der Waals surface area contributed by atoms with Crippen molar-refractivity contribution in [3.63, 3.8) is 0 Å². The van der Waals surface area contributed by atoms with Gasteiger partial charge in [0.05, 0.1) is 0 Å². The van der Waals surface area contributed by atoms with Crippen LogP contribution in [0.3, 0.4) is 0 Å². The number of rotatable bonds is 20. The van der Waals surface area contributed by atoms with Crippen LogP contribution in [0, 0.1) is 5.92 Å². The van der Waals surface area contributed by atoms with Gasteiger partial charge in [-0.3, -0.25) is 0 Å². The Morgan fingerprint density at radius 1 is 0.731 bits per heavy atom. The first-order valence-electron chi connectivity index (χ1n) is 11.5. The summed E-state index contributed by atoms with van der Waals surface area (Å²) >= 11 is 0. The lowest BCUT2D eigenvalue weighted by Crippen LogP contribution is -2.04. The van der Waals surface area contributed by atoms with Crippen LogP contribution in [0.5, 0.6) is 0 Å². The molecule has 0 heterocycles. The third-order valence-corrected chi connectivity index (χ3v) is 5.45. The van der Waals surface area contributed by atoms with Gasteiger partial charge in [0, 0.05) is 5.57 Å². The zero-order valence-electron chi connectivity index (χ0n) is 17.9. The molecule has 0 fully saturated rings. The first kappa shape index (κ1) is 25.2. The van der Waals surface area contributed by atoms with Gasteiger partial charge in [0.2, 0.25) is 0 Å². The topological polar surface area (TPSA) is 37.3 Å². The van der Waals surface area contributed by atoms with E-state index < -0.39 is 5.97 Å². The monoisotopic (exact) mass is 366 g/mol. The molecule has 1 unspecified atom stereocenters. The quantitative estimate of drug-likeness (QED) is 0.174. The summed E-state index contributed by atoms with van der Waals surface area (Å²) in [5.74, 6) is -0.394. The zero-order valence-corrected chi connectivity index (χ0v) is 17.9. The van der Waals surface area contributed by atoms with Crippen molar-refractivity contribution < 1.29 is 9.90 Å². The molecule has 26 heavy (non-hydrogen) atoms. The summed E-state index contributed by atoms with van der Waals surface area (Å²) in [6.45, 7) is 8.04. The Labute approximate surface area is 163 Å². The molecule has 154 valence electrons. The van der Waals surface area contributed by atoms with E-state index in [-0.39, 0.29) is 0 Å². The van der Waals surface area contributed by atoms with E-state index in [2.05, 4.69) is 20.4 Å². The highest BCUT2D eigenvalue weighted by atomic mass is 16.4. The molecule has 0 radical (unpaired) electrons. The summed E-state index contributed by atoms with van der Waals surface area (Å²) in [6.07, 6.45) is 24.1. The minimum absolute atomic E-state index is 0.356. The Hall–Kier alpha value is -0.790. The molecule has 0 aliphatic carbocycles. The summed E-state index contributed by atoms with van der Waals surface area (Å²) in [5.41, 5.74) is 0.356. The molecule has 0 bridgehead atoms. The second-order valence-electron chi connectivity index (χ2n) is 8.31. The minimum atomic E-state index is -0.844. The SMILES string of the molecule is C=C(CC(C)CCCCCCCCCCCCCCCCCC)C(=O)O. The Balaban J connectivity index is 3.17. The summed E-state index contributed by atoms with van der Waals surface area (Å²) in [5, 5.41) is 8.84. The molecule has 0 spiro atoms. The van der Waals surface area contributed by atoms with Crippen LogP contribution in [0.4, 0.5) is 0 Å². The van der Waals surface area contributed by atoms with Gasteiger partial charge in [0.15, 0.2) is 0 Å². The Bertz CT molecular complexity index is 335. The van der Waals surface area contributed by atoms with E-state index in [4.69, 9.17) is 5.11 Å². The fourth-order valence-corrected chi connectivity index (χ4v) is 3.65. The predicted molar refractivity (Wildman–Crippen MR) is 115 cm³/mol. The van der Waals surface area contributed by atoms with Gasteiger partial charge in [-0.2, -0.15) is 0 Å². The highest BCUT2D eigenvalue weighted by Crippen LogP contribution is 2.18. The summed E-state index contributed by atoms with van der Waals surface area (Å²) in [7, 11) is 0. The molecule has 0 rings (SSSR count). The van der Waals surface area contributed by atoms with Crippen molar-refractivity contribution in [1.29, 1.82) is 0 Å².